The van der Waals surface area contributed by atoms with E-state index in [1.54, 1.807) is 0 Å². The molecule has 0 aliphatic heterocycles. The number of aromatic nitrogens is 6. The van der Waals surface area contributed by atoms with Crippen LogP contribution in [0.25, 0.3) is 135 Å². The summed E-state index contributed by atoms with van der Waals surface area (Å²) in [4.78, 5) is 31.1. The Morgan fingerprint density at radius 1 is 0.141 bits per heavy atom. The summed E-state index contributed by atoms with van der Waals surface area (Å²) < 4.78 is 0. The summed E-state index contributed by atoms with van der Waals surface area (Å²) in [5.41, 5.74) is 27.3. The van der Waals surface area contributed by atoms with Gasteiger partial charge in [0.25, 0.3) is 0 Å². The van der Waals surface area contributed by atoms with Crippen molar-refractivity contribution in [2.24, 2.45) is 0 Å². The van der Waals surface area contributed by atoms with Crippen LogP contribution in [0.3, 0.4) is 0 Å². The van der Waals surface area contributed by atoms with Crippen LogP contribution in [-0.4, -0.2) is 29.9 Å². The van der Waals surface area contributed by atoms with E-state index in [0.29, 0.717) is 34.9 Å². The van der Waals surface area contributed by atoms with Gasteiger partial charge in [0.1, 0.15) is 0 Å². The molecule has 2 unspecified atom stereocenters. The Morgan fingerprint density at radius 3 is 0.761 bits per heavy atom. The maximum atomic E-state index is 5.25. The number of hydrogen-bond donors (Lipinski definition) is 0. The van der Waals surface area contributed by atoms with Crippen molar-refractivity contribution in [1.29, 1.82) is 0 Å². The highest BCUT2D eigenvalue weighted by Crippen LogP contribution is 2.57. The topological polar surface area (TPSA) is 77.3 Å². The highest BCUT2D eigenvalue weighted by atomic mass is 15.0. The molecule has 92 heavy (non-hydrogen) atoms. The van der Waals surface area contributed by atoms with Gasteiger partial charge in [0.2, 0.25) is 0 Å². The Hall–Kier alpha value is -12.1. The van der Waals surface area contributed by atoms with E-state index in [-0.39, 0.29) is 11.8 Å². The van der Waals surface area contributed by atoms with E-state index >= 15 is 0 Å². The second-order valence-corrected chi connectivity index (χ2v) is 23.7. The van der Waals surface area contributed by atoms with Crippen LogP contribution in [0.1, 0.15) is 45.2 Å². The lowest BCUT2D eigenvalue weighted by molar-refractivity contribution is 0.755. The highest BCUT2D eigenvalue weighted by molar-refractivity contribution is 5.87. The van der Waals surface area contributed by atoms with Gasteiger partial charge in [-0.3, -0.25) is 0 Å². The Kier molecular flexibility index (Phi) is 13.6. The third-order valence-corrected chi connectivity index (χ3v) is 18.2. The van der Waals surface area contributed by atoms with Gasteiger partial charge < -0.3 is 0 Å². The normalized spacial score (nSPS) is 13.4. The number of rotatable bonds is 12. The Morgan fingerprint density at radius 2 is 0.380 bits per heavy atom. The molecule has 0 spiro atoms. The summed E-state index contributed by atoms with van der Waals surface area (Å²) >= 11 is 0. The third-order valence-electron chi connectivity index (χ3n) is 18.2. The molecule has 430 valence electrons. The Labute approximate surface area is 534 Å². The molecule has 0 saturated carbocycles. The molecular weight excluding hydrogens is 1120 g/mol. The van der Waals surface area contributed by atoms with E-state index in [1.807, 2.05) is 36.4 Å². The summed E-state index contributed by atoms with van der Waals surface area (Å²) in [6.45, 7) is 0. The van der Waals surface area contributed by atoms with Crippen molar-refractivity contribution >= 4 is 0 Å². The molecule has 15 aromatic rings. The van der Waals surface area contributed by atoms with Crippen LogP contribution in [-0.2, 0) is 0 Å². The Bertz CT molecular complexity index is 4930. The van der Waals surface area contributed by atoms with Crippen molar-refractivity contribution in [2.75, 3.05) is 0 Å². The predicted molar refractivity (Wildman–Crippen MR) is 373 cm³/mol. The van der Waals surface area contributed by atoms with E-state index in [2.05, 4.69) is 291 Å². The van der Waals surface area contributed by atoms with Crippen molar-refractivity contribution in [3.05, 3.63) is 361 Å². The second-order valence-electron chi connectivity index (χ2n) is 23.7. The fourth-order valence-corrected chi connectivity index (χ4v) is 13.7. The molecule has 2 bridgehead atoms. The van der Waals surface area contributed by atoms with Crippen molar-refractivity contribution in [1.82, 2.24) is 29.9 Å². The fraction of sp³-hybridized carbons (Fsp3) is 0.0233. The monoisotopic (exact) mass is 1170 g/mol. The van der Waals surface area contributed by atoms with Gasteiger partial charge in [-0.05, 0) is 124 Å². The van der Waals surface area contributed by atoms with Crippen LogP contribution in [0.2, 0.25) is 0 Å². The first-order chi connectivity index (χ1) is 45.6. The molecule has 0 radical (unpaired) electrons. The minimum Gasteiger partial charge on any atom is -0.208 e. The van der Waals surface area contributed by atoms with Gasteiger partial charge in [0.15, 0.2) is 34.9 Å². The van der Waals surface area contributed by atoms with Crippen molar-refractivity contribution in [3.8, 4) is 135 Å². The van der Waals surface area contributed by atoms with Crippen LogP contribution in [0.4, 0.5) is 0 Å². The molecular formula is C86H56N6. The number of hydrogen-bond acceptors (Lipinski definition) is 6. The van der Waals surface area contributed by atoms with Crippen LogP contribution in [0.5, 0.6) is 0 Å². The van der Waals surface area contributed by atoms with Gasteiger partial charge in [-0.15, -0.1) is 0 Å². The molecule has 2 atom stereocenters. The third kappa shape index (κ3) is 9.97. The lowest BCUT2D eigenvalue weighted by atomic mass is 9.60. The Balaban J connectivity index is 0.678. The van der Waals surface area contributed by atoms with Crippen LogP contribution < -0.4 is 0 Å². The molecule has 0 amide bonds. The lowest BCUT2D eigenvalue weighted by Crippen LogP contribution is -2.27. The average Bonchev–Trinajstić information content (AvgIpc) is 0.704. The molecule has 18 rings (SSSR count). The smallest absolute Gasteiger partial charge is 0.164 e. The zero-order chi connectivity index (χ0) is 60.9. The number of benzene rings is 13. The SMILES string of the molecule is c1ccc(-c2cccc(-c3ccccc3-c3nc(-c4ccccc4)nc(-c4ccc(-c5ccc6c(c5)C5c7ccccc7C6c6cc(-c7ccc(-c8nc(-c9ccccc9)nc(-c9ccccc9-c9cccc(-c%10ccccc%10)c9)n8)cc7)ccc65)cc4)n3)c2)cc1. The molecule has 2 heterocycles. The molecule has 3 aliphatic carbocycles. The zero-order valence-corrected chi connectivity index (χ0v) is 50.0. The summed E-state index contributed by atoms with van der Waals surface area (Å²) in [5, 5.41) is 0. The quantitative estimate of drug-likeness (QED) is 0.121. The van der Waals surface area contributed by atoms with Gasteiger partial charge in [0, 0.05) is 45.2 Å². The molecule has 0 fully saturated rings. The number of nitrogens with zero attached hydrogens (tertiary/aromatic N) is 6. The maximum Gasteiger partial charge on any atom is 0.164 e. The molecule has 13 aromatic carbocycles. The molecule has 2 aromatic heterocycles. The summed E-state index contributed by atoms with van der Waals surface area (Å²) in [6.07, 6.45) is 0. The largest absolute Gasteiger partial charge is 0.208 e. The average molecular weight is 1170 g/mol. The van der Waals surface area contributed by atoms with Crippen LogP contribution >= 0.6 is 0 Å². The van der Waals surface area contributed by atoms with Crippen LogP contribution in [0, 0.1) is 0 Å². The first-order valence-electron chi connectivity index (χ1n) is 31.3. The standard InChI is InChI=1S/C86H56N6/c1-5-21-55(22-6-1)63-29-19-31-67(51-63)69-33-13-17-37-75(69)85-89-81(59-25-9-3-10-26-59)87-83(91-85)61-43-39-57(40-44-61)65-47-49-73-77(53-65)79-71-35-15-16-36-72(71)80(73)78-54-66(48-50-74(78)79)58-41-45-62(46-42-58)84-88-82(60-27-11-4-12-28-60)90-86(92-84)76-38-18-14-34-70(76)68-32-20-30-64(52-68)56-23-7-2-8-24-56/h1-54,79-80H. The van der Waals surface area contributed by atoms with Crippen molar-refractivity contribution in [3.63, 3.8) is 0 Å². The van der Waals surface area contributed by atoms with E-state index in [9.17, 15) is 0 Å². The fourth-order valence-electron chi connectivity index (χ4n) is 13.7. The van der Waals surface area contributed by atoms with E-state index < -0.39 is 0 Å². The molecule has 0 N–H and O–H groups in total. The van der Waals surface area contributed by atoms with E-state index in [0.717, 1.165) is 77.9 Å². The summed E-state index contributed by atoms with van der Waals surface area (Å²) in [7, 11) is 0. The van der Waals surface area contributed by atoms with Gasteiger partial charge in [0.05, 0.1) is 0 Å². The lowest BCUT2D eigenvalue weighted by Gasteiger charge is -2.42. The van der Waals surface area contributed by atoms with E-state index in [4.69, 9.17) is 29.9 Å². The minimum absolute atomic E-state index is 0.0929. The van der Waals surface area contributed by atoms with Gasteiger partial charge in [-0.25, -0.2) is 29.9 Å². The predicted octanol–water partition coefficient (Wildman–Crippen LogP) is 21.0. The van der Waals surface area contributed by atoms with E-state index in [1.165, 1.54) is 55.6 Å². The second kappa shape index (κ2) is 23.1. The molecule has 6 heteroatoms. The van der Waals surface area contributed by atoms with Gasteiger partial charge in [-0.1, -0.05) is 303 Å². The molecule has 0 saturated heterocycles. The van der Waals surface area contributed by atoms with Crippen molar-refractivity contribution in [2.45, 2.75) is 11.8 Å². The van der Waals surface area contributed by atoms with Crippen LogP contribution in [0.15, 0.2) is 328 Å². The summed E-state index contributed by atoms with van der Waals surface area (Å²) in [5.74, 6) is 3.92. The van der Waals surface area contributed by atoms with Gasteiger partial charge in [-0.2, -0.15) is 0 Å². The maximum absolute atomic E-state index is 5.25. The highest BCUT2D eigenvalue weighted by Gasteiger charge is 2.41. The minimum atomic E-state index is 0.0929. The molecule has 6 nitrogen and oxygen atoms in total. The van der Waals surface area contributed by atoms with Gasteiger partial charge >= 0.3 is 0 Å². The first kappa shape index (κ1) is 54.1. The first-order valence-corrected chi connectivity index (χ1v) is 31.3. The molecule has 3 aliphatic rings. The summed E-state index contributed by atoms with van der Waals surface area (Å²) in [6, 6.07) is 116. The zero-order valence-electron chi connectivity index (χ0n) is 50.0. The van der Waals surface area contributed by atoms with Crippen molar-refractivity contribution < 1.29 is 0 Å².